The van der Waals surface area contributed by atoms with Gasteiger partial charge in [-0.15, -0.1) is 0 Å². The van der Waals surface area contributed by atoms with Crippen molar-refractivity contribution < 1.29 is 13.2 Å². The first-order valence-corrected chi connectivity index (χ1v) is 7.05. The molecule has 102 valence electrons. The van der Waals surface area contributed by atoms with Gasteiger partial charge in [0.15, 0.2) is 0 Å². The van der Waals surface area contributed by atoms with E-state index in [1.54, 1.807) is 14.1 Å². The normalized spacial score (nSPS) is 10.8. The average molecular weight is 281 g/mol. The second-order valence-electron chi connectivity index (χ2n) is 4.07. The van der Waals surface area contributed by atoms with E-state index in [1.165, 1.54) is 29.2 Å². The van der Waals surface area contributed by atoms with E-state index < -0.39 is 10.0 Å². The van der Waals surface area contributed by atoms with Crippen LogP contribution in [0.15, 0.2) is 29.2 Å². The highest BCUT2D eigenvalue weighted by molar-refractivity contribution is 7.89. The van der Waals surface area contributed by atoms with E-state index in [4.69, 9.17) is 5.26 Å². The predicted molar refractivity (Wildman–Crippen MR) is 69.7 cm³/mol. The molecule has 0 aliphatic heterocycles. The maximum absolute atomic E-state index is 11.9. The van der Waals surface area contributed by atoms with Crippen LogP contribution < -0.4 is 4.72 Å². The SMILES string of the molecule is CN(C)C(=O)CCNS(=O)(=O)c1ccc(C#N)cc1. The van der Waals surface area contributed by atoms with Crippen molar-refractivity contribution in [3.05, 3.63) is 29.8 Å². The summed E-state index contributed by atoms with van der Waals surface area (Å²) in [5.74, 6) is -0.150. The highest BCUT2D eigenvalue weighted by atomic mass is 32.2. The zero-order chi connectivity index (χ0) is 14.5. The highest BCUT2D eigenvalue weighted by Crippen LogP contribution is 2.09. The Hall–Kier alpha value is -1.91. The zero-order valence-corrected chi connectivity index (χ0v) is 11.6. The number of nitrogens with zero attached hydrogens (tertiary/aromatic N) is 2. The Labute approximate surface area is 112 Å². The number of hydrogen-bond donors (Lipinski definition) is 1. The molecule has 0 aromatic heterocycles. The summed E-state index contributed by atoms with van der Waals surface area (Å²) >= 11 is 0. The minimum atomic E-state index is -3.64. The van der Waals surface area contributed by atoms with Gasteiger partial charge in [0.1, 0.15) is 0 Å². The van der Waals surface area contributed by atoms with Crippen molar-refractivity contribution in [2.75, 3.05) is 20.6 Å². The summed E-state index contributed by atoms with van der Waals surface area (Å²) in [6, 6.07) is 7.48. The molecule has 0 aliphatic rings. The van der Waals surface area contributed by atoms with Crippen LogP contribution in [-0.2, 0) is 14.8 Å². The van der Waals surface area contributed by atoms with Crippen LogP contribution in [0, 0.1) is 11.3 Å². The Balaban J connectivity index is 2.66. The molecule has 0 spiro atoms. The molecule has 0 heterocycles. The van der Waals surface area contributed by atoms with Crippen LogP contribution in [0.2, 0.25) is 0 Å². The van der Waals surface area contributed by atoms with Gasteiger partial charge in [-0.2, -0.15) is 5.26 Å². The molecule has 1 N–H and O–H groups in total. The van der Waals surface area contributed by atoms with Gasteiger partial charge in [-0.3, -0.25) is 4.79 Å². The quantitative estimate of drug-likeness (QED) is 0.841. The van der Waals surface area contributed by atoms with E-state index in [-0.39, 0.29) is 23.8 Å². The van der Waals surface area contributed by atoms with Crippen LogP contribution in [0.5, 0.6) is 0 Å². The molecule has 0 saturated heterocycles. The molecule has 0 saturated carbocycles. The number of nitriles is 1. The maximum atomic E-state index is 11.9. The lowest BCUT2D eigenvalue weighted by atomic mass is 10.2. The van der Waals surface area contributed by atoms with E-state index in [0.29, 0.717) is 5.56 Å². The largest absolute Gasteiger partial charge is 0.349 e. The molecule has 0 aliphatic carbocycles. The molecule has 0 fully saturated rings. The van der Waals surface area contributed by atoms with E-state index >= 15 is 0 Å². The topological polar surface area (TPSA) is 90.3 Å². The summed E-state index contributed by atoms with van der Waals surface area (Å²) in [4.78, 5) is 12.8. The fourth-order valence-corrected chi connectivity index (χ4v) is 2.34. The first-order chi connectivity index (χ1) is 8.86. The first kappa shape index (κ1) is 15.1. The number of hydrogen-bond acceptors (Lipinski definition) is 4. The van der Waals surface area contributed by atoms with Crippen molar-refractivity contribution in [1.82, 2.24) is 9.62 Å². The molecule has 0 unspecified atom stereocenters. The van der Waals surface area contributed by atoms with Gasteiger partial charge in [0.2, 0.25) is 15.9 Å². The number of carbonyl (C=O) groups excluding carboxylic acids is 1. The minimum Gasteiger partial charge on any atom is -0.349 e. The predicted octanol–water partition coefficient (Wildman–Crippen LogP) is 0.315. The molecule has 0 atom stereocenters. The van der Waals surface area contributed by atoms with Gasteiger partial charge in [0.25, 0.3) is 0 Å². The second kappa shape index (κ2) is 6.31. The Morgan fingerprint density at radius 1 is 1.32 bits per heavy atom. The van der Waals surface area contributed by atoms with Crippen molar-refractivity contribution in [3.8, 4) is 6.07 Å². The van der Waals surface area contributed by atoms with Crippen molar-refractivity contribution in [2.24, 2.45) is 0 Å². The minimum absolute atomic E-state index is 0.0410. The second-order valence-corrected chi connectivity index (χ2v) is 5.84. The van der Waals surface area contributed by atoms with Crippen molar-refractivity contribution >= 4 is 15.9 Å². The Morgan fingerprint density at radius 2 is 1.89 bits per heavy atom. The molecule has 19 heavy (non-hydrogen) atoms. The highest BCUT2D eigenvalue weighted by Gasteiger charge is 2.14. The third-order valence-electron chi connectivity index (χ3n) is 2.42. The van der Waals surface area contributed by atoms with Crippen LogP contribution in [0.4, 0.5) is 0 Å². The summed E-state index contributed by atoms with van der Waals surface area (Å²) < 4.78 is 26.1. The molecule has 1 rings (SSSR count). The third kappa shape index (κ3) is 4.35. The van der Waals surface area contributed by atoms with Gasteiger partial charge in [0.05, 0.1) is 16.5 Å². The zero-order valence-electron chi connectivity index (χ0n) is 10.8. The fourth-order valence-electron chi connectivity index (χ4n) is 1.31. The lowest BCUT2D eigenvalue weighted by Gasteiger charge is -2.10. The van der Waals surface area contributed by atoms with Gasteiger partial charge in [-0.05, 0) is 24.3 Å². The number of benzene rings is 1. The number of carbonyl (C=O) groups is 1. The fraction of sp³-hybridized carbons (Fsp3) is 0.333. The molecule has 1 amide bonds. The number of nitrogens with one attached hydrogen (secondary N) is 1. The lowest BCUT2D eigenvalue weighted by Crippen LogP contribution is -2.30. The van der Waals surface area contributed by atoms with Gasteiger partial charge in [-0.25, -0.2) is 13.1 Å². The molecular formula is C12H15N3O3S. The third-order valence-corrected chi connectivity index (χ3v) is 3.90. The van der Waals surface area contributed by atoms with Crippen LogP contribution in [0.1, 0.15) is 12.0 Å². The van der Waals surface area contributed by atoms with E-state index in [1.807, 2.05) is 6.07 Å². The summed E-state index contributed by atoms with van der Waals surface area (Å²) in [6.45, 7) is 0.0410. The summed E-state index contributed by atoms with van der Waals surface area (Å²) in [7, 11) is -0.420. The first-order valence-electron chi connectivity index (χ1n) is 5.57. The van der Waals surface area contributed by atoms with E-state index in [0.717, 1.165) is 0 Å². The summed E-state index contributed by atoms with van der Waals surface area (Å²) in [6.07, 6.45) is 0.0997. The maximum Gasteiger partial charge on any atom is 0.240 e. The number of sulfonamides is 1. The van der Waals surface area contributed by atoms with Crippen molar-refractivity contribution in [3.63, 3.8) is 0 Å². The molecule has 1 aromatic rings. The van der Waals surface area contributed by atoms with Gasteiger partial charge >= 0.3 is 0 Å². The molecule has 0 radical (unpaired) electrons. The van der Waals surface area contributed by atoms with Gasteiger partial charge < -0.3 is 4.90 Å². The summed E-state index contributed by atoms with van der Waals surface area (Å²) in [5, 5.41) is 8.63. The van der Waals surface area contributed by atoms with E-state index in [2.05, 4.69) is 4.72 Å². The number of rotatable bonds is 5. The Bertz CT molecular complexity index is 586. The Morgan fingerprint density at radius 3 is 2.37 bits per heavy atom. The van der Waals surface area contributed by atoms with Crippen molar-refractivity contribution in [2.45, 2.75) is 11.3 Å². The standard InChI is InChI=1S/C12H15N3O3S/c1-15(2)12(16)7-8-14-19(17,18)11-5-3-10(9-13)4-6-11/h3-6,14H,7-8H2,1-2H3. The molecule has 6 nitrogen and oxygen atoms in total. The molecule has 1 aromatic carbocycles. The van der Waals surface area contributed by atoms with E-state index in [9.17, 15) is 13.2 Å². The van der Waals surface area contributed by atoms with Crippen LogP contribution >= 0.6 is 0 Å². The van der Waals surface area contributed by atoms with Crippen LogP contribution in [0.3, 0.4) is 0 Å². The molecular weight excluding hydrogens is 266 g/mol. The summed E-state index contributed by atoms with van der Waals surface area (Å²) in [5.41, 5.74) is 0.390. The van der Waals surface area contributed by atoms with Crippen LogP contribution in [-0.4, -0.2) is 39.9 Å². The van der Waals surface area contributed by atoms with Gasteiger partial charge in [0, 0.05) is 27.1 Å². The molecule has 7 heteroatoms. The Kier molecular flexibility index (Phi) is 5.03. The number of amides is 1. The van der Waals surface area contributed by atoms with Gasteiger partial charge in [-0.1, -0.05) is 0 Å². The lowest BCUT2D eigenvalue weighted by molar-refractivity contribution is -0.128. The van der Waals surface area contributed by atoms with Crippen molar-refractivity contribution in [1.29, 1.82) is 5.26 Å². The smallest absolute Gasteiger partial charge is 0.240 e. The average Bonchev–Trinajstić information content (AvgIpc) is 2.38. The molecule has 0 bridgehead atoms. The van der Waals surface area contributed by atoms with Crippen LogP contribution in [0.25, 0.3) is 0 Å². The monoisotopic (exact) mass is 281 g/mol.